The summed E-state index contributed by atoms with van der Waals surface area (Å²) in [6.07, 6.45) is 3.55. The summed E-state index contributed by atoms with van der Waals surface area (Å²) >= 11 is 0. The summed E-state index contributed by atoms with van der Waals surface area (Å²) in [5.74, 6) is -0.325. The van der Waals surface area contributed by atoms with Crippen molar-refractivity contribution in [1.29, 1.82) is 0 Å². The Balaban J connectivity index is 2.37. The van der Waals surface area contributed by atoms with Gasteiger partial charge in [-0.3, -0.25) is 4.79 Å². The molecule has 1 amide bonds. The van der Waals surface area contributed by atoms with Gasteiger partial charge in [-0.2, -0.15) is 0 Å². The normalized spacial score (nSPS) is 23.1. The molecule has 1 saturated heterocycles. The molecule has 0 N–H and O–H groups in total. The van der Waals surface area contributed by atoms with E-state index < -0.39 is 15.4 Å². The van der Waals surface area contributed by atoms with Crippen LogP contribution in [0.4, 0.5) is 0 Å². The van der Waals surface area contributed by atoms with Crippen LogP contribution in [0, 0.1) is 12.3 Å². The summed E-state index contributed by atoms with van der Waals surface area (Å²) in [4.78, 5) is 12.8. The van der Waals surface area contributed by atoms with E-state index in [1.165, 1.54) is 0 Å². The molecule has 1 heterocycles. The number of aryl methyl sites for hydroxylation is 1. The lowest BCUT2D eigenvalue weighted by Crippen LogP contribution is -2.49. The maximum atomic E-state index is 12.7. The van der Waals surface area contributed by atoms with Crippen molar-refractivity contribution in [2.45, 2.75) is 38.0 Å². The van der Waals surface area contributed by atoms with E-state index in [1.54, 1.807) is 30.3 Å². The van der Waals surface area contributed by atoms with Crippen molar-refractivity contribution in [3.63, 3.8) is 0 Å². The number of carbonyl (C=O) groups is 1. The molecule has 1 aromatic carbocycles. The van der Waals surface area contributed by atoms with Crippen molar-refractivity contribution in [2.75, 3.05) is 6.54 Å². The Bertz CT molecular complexity index is 649. The Morgan fingerprint density at radius 1 is 1.33 bits per heavy atom. The molecule has 0 radical (unpaired) electrons. The average Bonchev–Trinajstić information content (AvgIpc) is 2.42. The third kappa shape index (κ3) is 2.88. The second-order valence-corrected chi connectivity index (χ2v) is 7.71. The van der Waals surface area contributed by atoms with Gasteiger partial charge in [0.2, 0.25) is 5.91 Å². The van der Waals surface area contributed by atoms with Crippen molar-refractivity contribution in [3.8, 4) is 0 Å². The van der Waals surface area contributed by atoms with E-state index in [0.29, 0.717) is 19.3 Å². The molecule has 1 aliphatic rings. The second-order valence-electron chi connectivity index (χ2n) is 5.85. The molecule has 4 nitrogen and oxygen atoms in total. The van der Waals surface area contributed by atoms with Crippen LogP contribution in [0.1, 0.15) is 31.7 Å². The van der Waals surface area contributed by atoms with Gasteiger partial charge in [0.15, 0.2) is 0 Å². The first-order valence-electron chi connectivity index (χ1n) is 7.06. The monoisotopic (exact) mass is 307 g/mol. The lowest BCUT2D eigenvalue weighted by molar-refractivity contribution is -0.139. The average molecular weight is 307 g/mol. The fourth-order valence-electron chi connectivity index (χ4n) is 2.70. The first-order valence-corrected chi connectivity index (χ1v) is 8.50. The van der Waals surface area contributed by atoms with Crippen molar-refractivity contribution < 1.29 is 13.2 Å². The molecule has 0 aromatic heterocycles. The molecule has 1 aromatic rings. The maximum Gasteiger partial charge on any atom is 0.266 e. The van der Waals surface area contributed by atoms with Gasteiger partial charge in [-0.1, -0.05) is 30.7 Å². The Morgan fingerprint density at radius 2 is 1.95 bits per heavy atom. The highest BCUT2D eigenvalue weighted by atomic mass is 32.2. The van der Waals surface area contributed by atoms with Crippen molar-refractivity contribution >= 4 is 15.9 Å². The predicted molar refractivity (Wildman–Crippen MR) is 82.2 cm³/mol. The number of rotatable bonds is 4. The van der Waals surface area contributed by atoms with Crippen molar-refractivity contribution in [3.05, 3.63) is 42.5 Å². The van der Waals surface area contributed by atoms with Crippen LogP contribution < -0.4 is 0 Å². The molecule has 114 valence electrons. The second kappa shape index (κ2) is 5.64. The molecule has 0 bridgehead atoms. The van der Waals surface area contributed by atoms with Gasteiger partial charge < -0.3 is 0 Å². The van der Waals surface area contributed by atoms with Crippen LogP contribution in [0.2, 0.25) is 0 Å². The van der Waals surface area contributed by atoms with Gasteiger partial charge in [-0.05, 0) is 38.3 Å². The molecule has 0 saturated carbocycles. The number of hydrogen-bond donors (Lipinski definition) is 0. The van der Waals surface area contributed by atoms with Crippen LogP contribution >= 0.6 is 0 Å². The van der Waals surface area contributed by atoms with Crippen molar-refractivity contribution in [1.82, 2.24) is 4.31 Å². The third-order valence-corrected chi connectivity index (χ3v) is 5.83. The van der Waals surface area contributed by atoms with Crippen molar-refractivity contribution in [2.24, 2.45) is 5.41 Å². The topological polar surface area (TPSA) is 54.5 Å². The number of piperidine rings is 1. The summed E-state index contributed by atoms with van der Waals surface area (Å²) in [6.45, 7) is 7.63. The van der Waals surface area contributed by atoms with Crippen LogP contribution in [0.5, 0.6) is 0 Å². The van der Waals surface area contributed by atoms with E-state index in [2.05, 4.69) is 6.58 Å². The van der Waals surface area contributed by atoms with E-state index in [9.17, 15) is 13.2 Å². The van der Waals surface area contributed by atoms with Crippen LogP contribution in [-0.4, -0.2) is 25.2 Å². The number of benzene rings is 1. The zero-order chi connectivity index (χ0) is 15.7. The molecule has 0 spiro atoms. The summed E-state index contributed by atoms with van der Waals surface area (Å²) in [5, 5.41) is 0. The van der Waals surface area contributed by atoms with Gasteiger partial charge in [-0.25, -0.2) is 12.7 Å². The van der Waals surface area contributed by atoms with E-state index in [4.69, 9.17) is 0 Å². The van der Waals surface area contributed by atoms with Gasteiger partial charge in [-0.15, -0.1) is 6.58 Å². The number of allylic oxidation sites excluding steroid dienone is 1. The van der Waals surface area contributed by atoms with Crippen LogP contribution in [0.3, 0.4) is 0 Å². The summed E-state index contributed by atoms with van der Waals surface area (Å²) in [5.41, 5.74) is 0.313. The quantitative estimate of drug-likeness (QED) is 0.804. The first kappa shape index (κ1) is 15.8. The van der Waals surface area contributed by atoms with Crippen LogP contribution in [0.25, 0.3) is 0 Å². The largest absolute Gasteiger partial charge is 0.273 e. The number of sulfonamides is 1. The fraction of sp³-hybridized carbons (Fsp3) is 0.438. The van der Waals surface area contributed by atoms with Gasteiger partial charge in [0.1, 0.15) is 0 Å². The van der Waals surface area contributed by atoms with Gasteiger partial charge in [0.05, 0.1) is 10.3 Å². The Morgan fingerprint density at radius 3 is 2.52 bits per heavy atom. The van der Waals surface area contributed by atoms with E-state index in [-0.39, 0.29) is 17.3 Å². The highest BCUT2D eigenvalue weighted by molar-refractivity contribution is 7.89. The molecule has 1 atom stereocenters. The van der Waals surface area contributed by atoms with E-state index >= 15 is 0 Å². The lowest BCUT2D eigenvalue weighted by Gasteiger charge is -2.38. The summed E-state index contributed by atoms with van der Waals surface area (Å²) < 4.78 is 26.4. The highest BCUT2D eigenvalue weighted by Crippen LogP contribution is 2.36. The smallest absolute Gasteiger partial charge is 0.266 e. The molecule has 2 rings (SSSR count). The van der Waals surface area contributed by atoms with Gasteiger partial charge in [0, 0.05) is 6.54 Å². The highest BCUT2D eigenvalue weighted by Gasteiger charge is 2.43. The molecule has 1 fully saturated rings. The minimum Gasteiger partial charge on any atom is -0.273 e. The molecular weight excluding hydrogens is 286 g/mol. The fourth-order valence-corrected chi connectivity index (χ4v) is 4.24. The zero-order valence-electron chi connectivity index (χ0n) is 12.5. The molecule has 1 unspecified atom stereocenters. The Hall–Kier alpha value is -1.62. The van der Waals surface area contributed by atoms with E-state index in [0.717, 1.165) is 9.87 Å². The van der Waals surface area contributed by atoms with Crippen LogP contribution in [-0.2, 0) is 14.8 Å². The molecule has 0 aliphatic carbocycles. The number of carbonyl (C=O) groups excluding carboxylic acids is 1. The maximum absolute atomic E-state index is 12.7. The number of nitrogens with zero attached hydrogens (tertiary/aromatic N) is 1. The molecular formula is C16H21NO3S. The van der Waals surface area contributed by atoms with E-state index in [1.807, 2.05) is 13.8 Å². The first-order chi connectivity index (χ1) is 9.81. The molecule has 1 aliphatic heterocycles. The Kier molecular flexibility index (Phi) is 4.23. The summed E-state index contributed by atoms with van der Waals surface area (Å²) in [6, 6.07) is 6.59. The SMILES string of the molecule is C=CCC1(C)CCCN(S(=O)(=O)c2ccc(C)cc2)C1=O. The minimum atomic E-state index is -3.77. The molecule has 5 heteroatoms. The predicted octanol–water partition coefficient (Wildman–Crippen LogP) is 2.89. The zero-order valence-corrected chi connectivity index (χ0v) is 13.3. The van der Waals surface area contributed by atoms with Gasteiger partial charge >= 0.3 is 0 Å². The number of amides is 1. The lowest BCUT2D eigenvalue weighted by atomic mass is 9.79. The summed E-state index contributed by atoms with van der Waals surface area (Å²) in [7, 11) is -3.77. The standard InChI is InChI=1S/C16H21NO3S/c1-4-10-16(3)11-5-12-17(15(16)18)21(19,20)14-8-6-13(2)7-9-14/h4,6-9H,1,5,10-12H2,2-3H3. The van der Waals surface area contributed by atoms with Gasteiger partial charge in [0.25, 0.3) is 10.0 Å². The Labute approximate surface area is 126 Å². The number of hydrogen-bond acceptors (Lipinski definition) is 3. The third-order valence-electron chi connectivity index (χ3n) is 4.04. The minimum absolute atomic E-state index is 0.171. The molecule has 21 heavy (non-hydrogen) atoms. The van der Waals surface area contributed by atoms with Crippen LogP contribution in [0.15, 0.2) is 41.8 Å².